The molecule has 0 bridgehead atoms. The third-order valence-corrected chi connectivity index (χ3v) is 5.99. The first-order chi connectivity index (χ1) is 11.2. The van der Waals surface area contributed by atoms with Crippen LogP contribution in [0.4, 0.5) is 5.13 Å². The first-order valence-corrected chi connectivity index (χ1v) is 9.54. The Labute approximate surface area is 143 Å². The molecule has 7 heteroatoms. The summed E-state index contributed by atoms with van der Waals surface area (Å²) in [7, 11) is 0. The lowest BCUT2D eigenvalue weighted by Gasteiger charge is -2.31. The Bertz CT molecular complexity index is 654. The van der Waals surface area contributed by atoms with Crippen LogP contribution in [0.5, 0.6) is 0 Å². The molecule has 1 amide bonds. The minimum absolute atomic E-state index is 0.159. The summed E-state index contributed by atoms with van der Waals surface area (Å²) >= 11 is 3.10. The average Bonchev–Trinajstić information content (AvgIpc) is 3.21. The maximum Gasteiger partial charge on any atom is 0.222 e. The molecule has 3 N–H and O–H groups in total. The van der Waals surface area contributed by atoms with Gasteiger partial charge in [-0.1, -0.05) is 6.07 Å². The lowest BCUT2D eigenvalue weighted by molar-refractivity contribution is -0.133. The average molecular weight is 351 g/mol. The van der Waals surface area contributed by atoms with Crippen LogP contribution in [-0.4, -0.2) is 40.6 Å². The SMILES string of the molecule is Nc1nc(-c2cccs2)c(CCC(=O)N2CCCC(CO)C2)s1. The van der Waals surface area contributed by atoms with Gasteiger partial charge < -0.3 is 15.7 Å². The summed E-state index contributed by atoms with van der Waals surface area (Å²) in [6.07, 6.45) is 3.12. The molecule has 3 heterocycles. The molecule has 0 saturated carbocycles. The molecule has 0 aromatic carbocycles. The zero-order chi connectivity index (χ0) is 16.2. The van der Waals surface area contributed by atoms with Gasteiger partial charge >= 0.3 is 0 Å². The number of nitrogens with two attached hydrogens (primary N) is 1. The Morgan fingerprint density at radius 3 is 3.13 bits per heavy atom. The van der Waals surface area contributed by atoms with Crippen molar-refractivity contribution >= 4 is 33.7 Å². The topological polar surface area (TPSA) is 79.5 Å². The molecule has 1 fully saturated rings. The zero-order valence-corrected chi connectivity index (χ0v) is 14.5. The molecule has 1 aliphatic rings. The Hall–Kier alpha value is -1.44. The highest BCUT2D eigenvalue weighted by Gasteiger charge is 2.23. The maximum atomic E-state index is 12.4. The fourth-order valence-corrected chi connectivity index (χ4v) is 4.62. The van der Waals surface area contributed by atoms with Crippen LogP contribution >= 0.6 is 22.7 Å². The fourth-order valence-electron chi connectivity index (χ4n) is 2.96. The molecule has 2 aromatic heterocycles. The van der Waals surface area contributed by atoms with E-state index in [2.05, 4.69) is 4.98 Å². The number of aryl methyl sites for hydroxylation is 1. The summed E-state index contributed by atoms with van der Waals surface area (Å²) in [5.74, 6) is 0.390. The maximum absolute atomic E-state index is 12.4. The van der Waals surface area contributed by atoms with Gasteiger partial charge in [0.1, 0.15) is 0 Å². The van der Waals surface area contributed by atoms with Gasteiger partial charge in [-0.2, -0.15) is 0 Å². The van der Waals surface area contributed by atoms with E-state index in [0.29, 0.717) is 24.5 Å². The number of aromatic nitrogens is 1. The number of carbonyl (C=O) groups is 1. The van der Waals surface area contributed by atoms with Crippen molar-refractivity contribution in [2.24, 2.45) is 5.92 Å². The molecule has 3 rings (SSSR count). The third kappa shape index (κ3) is 3.91. The van der Waals surface area contributed by atoms with Crippen molar-refractivity contribution in [1.29, 1.82) is 0 Å². The zero-order valence-electron chi connectivity index (χ0n) is 12.9. The van der Waals surface area contributed by atoms with E-state index in [1.807, 2.05) is 22.4 Å². The number of thiazole rings is 1. The molecule has 0 spiro atoms. The first-order valence-electron chi connectivity index (χ1n) is 7.85. The fraction of sp³-hybridized carbons (Fsp3) is 0.500. The van der Waals surface area contributed by atoms with Crippen LogP contribution < -0.4 is 5.73 Å². The Balaban J connectivity index is 1.63. The van der Waals surface area contributed by atoms with Crippen molar-refractivity contribution in [3.8, 4) is 10.6 Å². The molecule has 124 valence electrons. The van der Waals surface area contributed by atoms with Crippen LogP contribution in [0, 0.1) is 5.92 Å². The van der Waals surface area contributed by atoms with Crippen LogP contribution in [0.2, 0.25) is 0 Å². The van der Waals surface area contributed by atoms with Crippen LogP contribution in [-0.2, 0) is 11.2 Å². The van der Waals surface area contributed by atoms with E-state index in [4.69, 9.17) is 5.73 Å². The number of rotatable bonds is 5. The number of hydrogen-bond donors (Lipinski definition) is 2. The van der Waals surface area contributed by atoms with Gasteiger partial charge in [-0.05, 0) is 36.6 Å². The van der Waals surface area contributed by atoms with E-state index in [1.54, 1.807) is 11.3 Å². The van der Waals surface area contributed by atoms with E-state index >= 15 is 0 Å². The van der Waals surface area contributed by atoms with E-state index in [1.165, 1.54) is 11.3 Å². The second-order valence-electron chi connectivity index (χ2n) is 5.83. The van der Waals surface area contributed by atoms with E-state index in [0.717, 1.165) is 34.8 Å². The van der Waals surface area contributed by atoms with Gasteiger partial charge in [0.15, 0.2) is 5.13 Å². The van der Waals surface area contributed by atoms with Crippen LogP contribution in [0.25, 0.3) is 10.6 Å². The second-order valence-corrected chi connectivity index (χ2v) is 7.89. The number of anilines is 1. The predicted molar refractivity (Wildman–Crippen MR) is 94.6 cm³/mol. The number of likely N-dealkylation sites (tertiary alicyclic amines) is 1. The van der Waals surface area contributed by atoms with E-state index in [9.17, 15) is 9.90 Å². The molecule has 1 saturated heterocycles. The normalized spacial score (nSPS) is 18.3. The standard InChI is InChI=1S/C16H21N3O2S2/c17-16-18-15(12-4-2-8-22-12)13(23-16)5-6-14(21)19-7-1-3-11(9-19)10-20/h2,4,8,11,20H,1,3,5-7,9-10H2,(H2,17,18). The number of aliphatic hydroxyl groups is 1. The molecule has 1 unspecified atom stereocenters. The van der Waals surface area contributed by atoms with Crippen LogP contribution in [0.3, 0.4) is 0 Å². The van der Waals surface area contributed by atoms with Gasteiger partial charge in [-0.25, -0.2) is 4.98 Å². The monoisotopic (exact) mass is 351 g/mol. The predicted octanol–water partition coefficient (Wildman–Crippen LogP) is 2.62. The summed E-state index contributed by atoms with van der Waals surface area (Å²) in [5.41, 5.74) is 6.78. The number of nitrogens with zero attached hydrogens (tertiary/aromatic N) is 2. The largest absolute Gasteiger partial charge is 0.396 e. The molecule has 23 heavy (non-hydrogen) atoms. The van der Waals surface area contributed by atoms with Crippen molar-refractivity contribution in [3.05, 3.63) is 22.4 Å². The van der Waals surface area contributed by atoms with E-state index < -0.39 is 0 Å². The molecule has 0 radical (unpaired) electrons. The number of thiophene rings is 1. The Morgan fingerprint density at radius 2 is 2.39 bits per heavy atom. The Kier molecular flexibility index (Phi) is 5.30. The van der Waals surface area contributed by atoms with Gasteiger partial charge in [-0.3, -0.25) is 4.79 Å². The minimum atomic E-state index is 0.159. The van der Waals surface area contributed by atoms with Crippen molar-refractivity contribution in [2.75, 3.05) is 25.4 Å². The van der Waals surface area contributed by atoms with Crippen LogP contribution in [0.1, 0.15) is 24.1 Å². The summed E-state index contributed by atoms with van der Waals surface area (Å²) in [6.45, 7) is 1.65. The quantitative estimate of drug-likeness (QED) is 0.868. The number of hydrogen-bond acceptors (Lipinski definition) is 6. The highest BCUT2D eigenvalue weighted by molar-refractivity contribution is 7.17. The third-order valence-electron chi connectivity index (χ3n) is 4.16. The number of piperidine rings is 1. The number of amides is 1. The summed E-state index contributed by atoms with van der Waals surface area (Å²) < 4.78 is 0. The van der Waals surface area contributed by atoms with Gasteiger partial charge in [0.2, 0.25) is 5.91 Å². The second kappa shape index (κ2) is 7.42. The van der Waals surface area contributed by atoms with Gasteiger partial charge in [0.05, 0.1) is 10.6 Å². The number of aliphatic hydroxyl groups excluding tert-OH is 1. The molecule has 2 aromatic rings. The molecule has 1 aliphatic heterocycles. The summed E-state index contributed by atoms with van der Waals surface area (Å²) in [5, 5.41) is 11.9. The summed E-state index contributed by atoms with van der Waals surface area (Å²) in [4.78, 5) is 20.9. The minimum Gasteiger partial charge on any atom is -0.396 e. The van der Waals surface area contributed by atoms with Crippen molar-refractivity contribution < 1.29 is 9.90 Å². The number of nitrogen functional groups attached to an aromatic ring is 1. The van der Waals surface area contributed by atoms with E-state index in [-0.39, 0.29) is 18.4 Å². The highest BCUT2D eigenvalue weighted by Crippen LogP contribution is 2.33. The van der Waals surface area contributed by atoms with Gasteiger partial charge in [0, 0.05) is 31.0 Å². The van der Waals surface area contributed by atoms with Crippen molar-refractivity contribution in [1.82, 2.24) is 9.88 Å². The van der Waals surface area contributed by atoms with Crippen molar-refractivity contribution in [2.45, 2.75) is 25.7 Å². The van der Waals surface area contributed by atoms with Crippen LogP contribution in [0.15, 0.2) is 17.5 Å². The lowest BCUT2D eigenvalue weighted by atomic mass is 9.98. The molecule has 5 nitrogen and oxygen atoms in total. The molecule has 0 aliphatic carbocycles. The highest BCUT2D eigenvalue weighted by atomic mass is 32.1. The van der Waals surface area contributed by atoms with Crippen molar-refractivity contribution in [3.63, 3.8) is 0 Å². The van der Waals surface area contributed by atoms with Gasteiger partial charge in [-0.15, -0.1) is 22.7 Å². The van der Waals surface area contributed by atoms with Gasteiger partial charge in [0.25, 0.3) is 0 Å². The smallest absolute Gasteiger partial charge is 0.222 e. The molecule has 1 atom stereocenters. The lowest BCUT2D eigenvalue weighted by Crippen LogP contribution is -2.41. The Morgan fingerprint density at radius 1 is 1.52 bits per heavy atom. The molecular weight excluding hydrogens is 330 g/mol. The molecular formula is C16H21N3O2S2. The summed E-state index contributed by atoms with van der Waals surface area (Å²) in [6, 6.07) is 4.02. The number of carbonyl (C=O) groups excluding carboxylic acids is 1. The first kappa shape index (κ1) is 16.4.